The fourth-order valence-electron chi connectivity index (χ4n) is 6.24. The van der Waals surface area contributed by atoms with E-state index in [0.717, 1.165) is 66.7 Å². The van der Waals surface area contributed by atoms with Crippen LogP contribution in [0.4, 0.5) is 11.6 Å². The Balaban J connectivity index is 1.10. The first-order chi connectivity index (χ1) is 16.0. The van der Waals surface area contributed by atoms with Crippen molar-refractivity contribution < 1.29 is 4.74 Å². The molecule has 7 nitrogen and oxygen atoms in total. The largest absolute Gasteiger partial charge is 0.377 e. The quantitative estimate of drug-likeness (QED) is 0.590. The highest BCUT2D eigenvalue weighted by molar-refractivity contribution is 6.32. The average Bonchev–Trinajstić information content (AvgIpc) is 3.17. The first kappa shape index (κ1) is 20.2. The summed E-state index contributed by atoms with van der Waals surface area (Å²) < 4.78 is 7.60. The lowest BCUT2D eigenvalue weighted by molar-refractivity contribution is -0.136. The molecule has 1 N–H and O–H groups in total. The minimum Gasteiger partial charge on any atom is -0.377 e. The van der Waals surface area contributed by atoms with Crippen molar-refractivity contribution in [3.63, 3.8) is 0 Å². The van der Waals surface area contributed by atoms with Crippen LogP contribution in [-0.2, 0) is 10.3 Å². The molecule has 0 spiro atoms. The molecule has 0 unspecified atom stereocenters. The van der Waals surface area contributed by atoms with Crippen LogP contribution in [0.3, 0.4) is 0 Å². The van der Waals surface area contributed by atoms with Crippen LogP contribution in [-0.4, -0.2) is 56.5 Å². The van der Waals surface area contributed by atoms with Crippen molar-refractivity contribution in [1.29, 1.82) is 0 Å². The van der Waals surface area contributed by atoms with E-state index in [0.29, 0.717) is 17.4 Å². The van der Waals surface area contributed by atoms with Gasteiger partial charge < -0.3 is 10.1 Å². The number of hydrogen-bond donors (Lipinski definition) is 1. The standard InChI is InChI=1S/C25H29ClN6O/c1-24(14-33-15-24)31-4-2-17(3-5-31)20-7-22-18(6-21(20)26)11-27-23(30-22)29-19-12-28-32(13-19)25-8-16(9-25)10-25/h6-7,11-13,16-17H,2-5,8-10,14-15H2,1H3,(H,27,29,30). The molecule has 33 heavy (non-hydrogen) atoms. The van der Waals surface area contributed by atoms with E-state index in [9.17, 15) is 0 Å². The summed E-state index contributed by atoms with van der Waals surface area (Å²) in [5, 5.41) is 9.73. The molecule has 8 heteroatoms. The average molecular weight is 465 g/mol. The maximum Gasteiger partial charge on any atom is 0.227 e. The topological polar surface area (TPSA) is 68.1 Å². The molecular formula is C25H29ClN6O. The van der Waals surface area contributed by atoms with Crippen molar-refractivity contribution in [1.82, 2.24) is 24.6 Å². The number of aromatic nitrogens is 4. The van der Waals surface area contributed by atoms with Crippen molar-refractivity contribution in [3.8, 4) is 0 Å². The summed E-state index contributed by atoms with van der Waals surface area (Å²) in [6.07, 6.45) is 11.9. The minimum absolute atomic E-state index is 0.221. The third kappa shape index (κ3) is 3.20. The lowest BCUT2D eigenvalue weighted by Crippen LogP contribution is -2.61. The van der Waals surface area contributed by atoms with Crippen LogP contribution in [0.5, 0.6) is 0 Å². The van der Waals surface area contributed by atoms with E-state index >= 15 is 0 Å². The SMILES string of the molecule is CC1(N2CCC(c3cc4nc(Nc5cnn(C67CC(C6)C7)c5)ncc4cc3Cl)CC2)COC1. The second-order valence-corrected chi connectivity index (χ2v) is 11.3. The molecular weight excluding hydrogens is 436 g/mol. The molecule has 0 atom stereocenters. The zero-order chi connectivity index (χ0) is 22.2. The smallest absolute Gasteiger partial charge is 0.227 e. The van der Waals surface area contributed by atoms with Crippen molar-refractivity contribution in [3.05, 3.63) is 41.3 Å². The molecule has 3 aliphatic carbocycles. The third-order valence-electron chi connectivity index (χ3n) is 8.55. The van der Waals surface area contributed by atoms with Gasteiger partial charge in [0.15, 0.2) is 0 Å². The predicted octanol–water partition coefficient (Wildman–Crippen LogP) is 4.70. The van der Waals surface area contributed by atoms with E-state index in [1.165, 1.54) is 24.8 Å². The van der Waals surface area contributed by atoms with Gasteiger partial charge in [-0.05, 0) is 81.6 Å². The number of anilines is 2. The number of piperidine rings is 1. The van der Waals surface area contributed by atoms with Gasteiger partial charge in [0.05, 0.1) is 41.7 Å². The van der Waals surface area contributed by atoms with Crippen LogP contribution >= 0.6 is 11.6 Å². The van der Waals surface area contributed by atoms with Crippen LogP contribution in [0, 0.1) is 5.92 Å². The lowest BCUT2D eigenvalue weighted by atomic mass is 9.50. The highest BCUT2D eigenvalue weighted by atomic mass is 35.5. The first-order valence-electron chi connectivity index (χ1n) is 12.1. The maximum absolute atomic E-state index is 6.72. The number of likely N-dealkylation sites (tertiary alicyclic amines) is 1. The van der Waals surface area contributed by atoms with E-state index in [1.807, 2.05) is 18.5 Å². The Morgan fingerprint density at radius 1 is 1.12 bits per heavy atom. The number of nitrogens with one attached hydrogen (secondary N) is 1. The fraction of sp³-hybridized carbons (Fsp3) is 0.560. The van der Waals surface area contributed by atoms with Crippen LogP contribution in [0.2, 0.25) is 5.02 Å². The molecule has 172 valence electrons. The zero-order valence-electron chi connectivity index (χ0n) is 18.9. The summed E-state index contributed by atoms with van der Waals surface area (Å²) in [5.41, 5.74) is 3.59. The second-order valence-electron chi connectivity index (χ2n) is 10.9. The maximum atomic E-state index is 6.72. The van der Waals surface area contributed by atoms with Crippen LogP contribution < -0.4 is 5.32 Å². The number of nitrogens with zero attached hydrogens (tertiary/aromatic N) is 5. The highest BCUT2D eigenvalue weighted by Gasteiger charge is 2.58. The van der Waals surface area contributed by atoms with Crippen molar-refractivity contribution in [2.24, 2.45) is 5.92 Å². The van der Waals surface area contributed by atoms with E-state index in [4.69, 9.17) is 21.3 Å². The molecule has 5 fully saturated rings. The molecule has 2 aromatic heterocycles. The Labute approximate surface area is 198 Å². The number of benzene rings is 1. The second kappa shape index (κ2) is 7.14. The zero-order valence-corrected chi connectivity index (χ0v) is 19.7. The van der Waals surface area contributed by atoms with Gasteiger partial charge in [-0.25, -0.2) is 9.97 Å². The monoisotopic (exact) mass is 464 g/mol. The first-order valence-corrected chi connectivity index (χ1v) is 12.5. The minimum atomic E-state index is 0.221. The molecule has 2 bridgehead atoms. The van der Waals surface area contributed by atoms with Crippen molar-refractivity contribution in [2.75, 3.05) is 31.6 Å². The molecule has 5 aliphatic rings. The molecule has 2 saturated heterocycles. The Morgan fingerprint density at radius 3 is 2.58 bits per heavy atom. The van der Waals surface area contributed by atoms with Gasteiger partial charge in [-0.2, -0.15) is 5.10 Å². The number of hydrogen-bond acceptors (Lipinski definition) is 6. The van der Waals surface area contributed by atoms with E-state index in [2.05, 4.69) is 44.2 Å². The third-order valence-corrected chi connectivity index (χ3v) is 8.88. The van der Waals surface area contributed by atoms with Gasteiger partial charge in [-0.1, -0.05) is 11.6 Å². The summed E-state index contributed by atoms with van der Waals surface area (Å²) in [4.78, 5) is 11.9. The number of halogens is 1. The van der Waals surface area contributed by atoms with Crippen molar-refractivity contribution >= 4 is 34.1 Å². The van der Waals surface area contributed by atoms with Crippen LogP contribution in [0.1, 0.15) is 50.5 Å². The Bertz CT molecular complexity index is 1210. The summed E-state index contributed by atoms with van der Waals surface area (Å²) in [6.45, 7) is 6.18. The van der Waals surface area contributed by atoms with E-state index in [1.54, 1.807) is 0 Å². The molecule has 4 heterocycles. The summed E-state index contributed by atoms with van der Waals surface area (Å²) >= 11 is 6.72. The summed E-state index contributed by atoms with van der Waals surface area (Å²) in [5.74, 6) is 1.99. The number of ether oxygens (including phenoxy) is 1. The molecule has 3 saturated carbocycles. The Kier molecular flexibility index (Phi) is 4.37. The van der Waals surface area contributed by atoms with Gasteiger partial charge in [0.1, 0.15) is 0 Å². The number of rotatable bonds is 5. The fourth-order valence-corrected chi connectivity index (χ4v) is 6.57. The molecule has 3 aromatic rings. The predicted molar refractivity (Wildman–Crippen MR) is 128 cm³/mol. The van der Waals surface area contributed by atoms with E-state index < -0.39 is 0 Å². The van der Waals surface area contributed by atoms with Crippen LogP contribution in [0.25, 0.3) is 10.9 Å². The van der Waals surface area contributed by atoms with Crippen molar-refractivity contribution in [2.45, 2.75) is 56.0 Å². The molecule has 2 aliphatic heterocycles. The van der Waals surface area contributed by atoms with Gasteiger partial charge >= 0.3 is 0 Å². The Hall–Kier alpha value is -2.22. The van der Waals surface area contributed by atoms with Gasteiger partial charge in [-0.3, -0.25) is 9.58 Å². The molecule has 8 rings (SSSR count). The number of fused-ring (bicyclic) bond motifs is 1. The highest BCUT2D eigenvalue weighted by Crippen LogP contribution is 2.62. The summed E-state index contributed by atoms with van der Waals surface area (Å²) in [6, 6.07) is 4.19. The Morgan fingerprint density at radius 2 is 1.91 bits per heavy atom. The summed E-state index contributed by atoms with van der Waals surface area (Å²) in [7, 11) is 0. The molecule has 1 aromatic carbocycles. The van der Waals surface area contributed by atoms with E-state index in [-0.39, 0.29) is 5.54 Å². The lowest BCUT2D eigenvalue weighted by Gasteiger charge is -2.61. The van der Waals surface area contributed by atoms with Gasteiger partial charge in [0.2, 0.25) is 5.95 Å². The van der Waals surface area contributed by atoms with Crippen LogP contribution in [0.15, 0.2) is 30.7 Å². The van der Waals surface area contributed by atoms with Gasteiger partial charge in [0, 0.05) is 22.8 Å². The van der Waals surface area contributed by atoms with Gasteiger partial charge in [0.25, 0.3) is 0 Å². The molecule has 0 radical (unpaired) electrons. The van der Waals surface area contributed by atoms with Gasteiger partial charge in [-0.15, -0.1) is 0 Å². The molecule has 0 amide bonds. The normalized spacial score (nSPS) is 28.7.